The van der Waals surface area contributed by atoms with E-state index in [-0.39, 0.29) is 5.91 Å². The minimum absolute atomic E-state index is 0.223. The normalized spacial score (nSPS) is 10.9. The molecule has 3 aromatic rings. The Labute approximate surface area is 164 Å². The number of para-hydroxylation sites is 1. The van der Waals surface area contributed by atoms with Crippen LogP contribution in [0.3, 0.4) is 0 Å². The molecule has 0 aliphatic heterocycles. The molecule has 1 amide bonds. The van der Waals surface area contributed by atoms with Crippen molar-refractivity contribution in [3.8, 4) is 11.5 Å². The number of carbonyl (C=O) groups is 1. The number of fused-ring (bicyclic) bond motifs is 1. The molecule has 148 valence electrons. The predicted octanol–water partition coefficient (Wildman–Crippen LogP) is 2.55. The van der Waals surface area contributed by atoms with E-state index in [0.717, 1.165) is 22.4 Å². The van der Waals surface area contributed by atoms with E-state index < -0.39 is 0 Å². The van der Waals surface area contributed by atoms with Gasteiger partial charge in [-0.3, -0.25) is 4.79 Å². The molecule has 0 fully saturated rings. The van der Waals surface area contributed by atoms with Crippen LogP contribution in [0.15, 0.2) is 36.4 Å². The number of nitrogens with two attached hydrogens (primary N) is 1. The van der Waals surface area contributed by atoms with Crippen LogP contribution in [-0.2, 0) is 13.6 Å². The van der Waals surface area contributed by atoms with E-state index in [1.54, 1.807) is 25.3 Å². The van der Waals surface area contributed by atoms with Crippen LogP contribution in [0, 0.1) is 6.92 Å². The van der Waals surface area contributed by atoms with E-state index >= 15 is 0 Å². The monoisotopic (exact) mass is 382 g/mol. The number of hydrogen-bond acceptors (Lipinski definition) is 5. The number of carbonyl (C=O) groups excluding carboxylic acids is 1. The number of imidazole rings is 1. The molecule has 0 unspecified atom stereocenters. The fraction of sp³-hybridized carbons (Fsp3) is 0.333. The van der Waals surface area contributed by atoms with E-state index in [4.69, 9.17) is 15.2 Å². The minimum Gasteiger partial charge on any atom is -0.493 e. The molecule has 0 saturated heterocycles. The summed E-state index contributed by atoms with van der Waals surface area (Å²) in [4.78, 5) is 17.3. The first kappa shape index (κ1) is 19.7. The van der Waals surface area contributed by atoms with Gasteiger partial charge in [0, 0.05) is 13.6 Å². The van der Waals surface area contributed by atoms with Gasteiger partial charge in [0.2, 0.25) is 0 Å². The second-order valence-corrected chi connectivity index (χ2v) is 6.55. The van der Waals surface area contributed by atoms with Crippen molar-refractivity contribution in [3.05, 3.63) is 53.3 Å². The van der Waals surface area contributed by atoms with Crippen molar-refractivity contribution in [3.63, 3.8) is 0 Å². The van der Waals surface area contributed by atoms with Gasteiger partial charge in [-0.1, -0.05) is 12.1 Å². The maximum atomic E-state index is 12.8. The maximum Gasteiger partial charge on any atom is 0.255 e. The highest BCUT2D eigenvalue weighted by molar-refractivity contribution is 5.97. The zero-order valence-corrected chi connectivity index (χ0v) is 16.5. The number of nitrogens with zero attached hydrogens (tertiary/aromatic N) is 2. The lowest BCUT2D eigenvalue weighted by molar-refractivity contribution is 0.0946. The number of ether oxygens (including phenoxy) is 2. The van der Waals surface area contributed by atoms with Crippen molar-refractivity contribution >= 4 is 16.9 Å². The highest BCUT2D eigenvalue weighted by Crippen LogP contribution is 2.31. The van der Waals surface area contributed by atoms with Gasteiger partial charge in [-0.2, -0.15) is 0 Å². The maximum absolute atomic E-state index is 12.8. The fourth-order valence-corrected chi connectivity index (χ4v) is 3.02. The van der Waals surface area contributed by atoms with E-state index in [2.05, 4.69) is 10.3 Å². The van der Waals surface area contributed by atoms with Gasteiger partial charge in [0.25, 0.3) is 5.91 Å². The molecule has 7 nitrogen and oxygen atoms in total. The number of aromatic nitrogens is 2. The Morgan fingerprint density at radius 1 is 1.29 bits per heavy atom. The van der Waals surface area contributed by atoms with Gasteiger partial charge < -0.3 is 25.1 Å². The molecule has 0 atom stereocenters. The summed E-state index contributed by atoms with van der Waals surface area (Å²) >= 11 is 0. The molecule has 3 N–H and O–H groups in total. The van der Waals surface area contributed by atoms with Gasteiger partial charge >= 0.3 is 0 Å². The Morgan fingerprint density at radius 2 is 2.11 bits per heavy atom. The summed E-state index contributed by atoms with van der Waals surface area (Å²) in [7, 11) is 3.54. The Morgan fingerprint density at radius 3 is 2.86 bits per heavy atom. The van der Waals surface area contributed by atoms with Crippen molar-refractivity contribution in [1.82, 2.24) is 14.9 Å². The molecule has 0 bridgehead atoms. The van der Waals surface area contributed by atoms with Crippen molar-refractivity contribution in [2.45, 2.75) is 19.9 Å². The van der Waals surface area contributed by atoms with Crippen molar-refractivity contribution in [2.24, 2.45) is 12.8 Å². The smallest absolute Gasteiger partial charge is 0.255 e. The molecule has 1 heterocycles. The number of methoxy groups -OCH3 is 1. The Hall–Kier alpha value is -3.06. The van der Waals surface area contributed by atoms with Crippen molar-refractivity contribution in [2.75, 3.05) is 20.3 Å². The lowest BCUT2D eigenvalue weighted by Crippen LogP contribution is -2.24. The Balaban J connectivity index is 1.75. The van der Waals surface area contributed by atoms with Crippen LogP contribution < -0.4 is 20.5 Å². The van der Waals surface area contributed by atoms with Gasteiger partial charge in [0.05, 0.1) is 30.3 Å². The molecule has 3 rings (SSSR count). The number of benzene rings is 2. The van der Waals surface area contributed by atoms with Crippen molar-refractivity contribution < 1.29 is 14.3 Å². The summed E-state index contributed by atoms with van der Waals surface area (Å²) < 4.78 is 13.2. The fourth-order valence-electron chi connectivity index (χ4n) is 3.02. The SMILES string of the molecule is COc1cccc(C(=O)NCc2ccc3c(c2)nc(C)n3C)c1OCCCN. The molecular weight excluding hydrogens is 356 g/mol. The molecule has 0 saturated carbocycles. The number of hydrogen-bond donors (Lipinski definition) is 2. The summed E-state index contributed by atoms with van der Waals surface area (Å²) in [6, 6.07) is 11.3. The molecule has 28 heavy (non-hydrogen) atoms. The van der Waals surface area contributed by atoms with Crippen LogP contribution >= 0.6 is 0 Å². The second-order valence-electron chi connectivity index (χ2n) is 6.55. The zero-order valence-electron chi connectivity index (χ0n) is 16.5. The van der Waals surface area contributed by atoms with Crippen LogP contribution in [0.2, 0.25) is 0 Å². The second kappa shape index (κ2) is 8.75. The summed E-state index contributed by atoms with van der Waals surface area (Å²) in [6.45, 7) is 3.30. The van der Waals surface area contributed by atoms with Crippen LogP contribution in [0.5, 0.6) is 11.5 Å². The lowest BCUT2D eigenvalue weighted by atomic mass is 10.1. The number of aryl methyl sites for hydroxylation is 2. The average molecular weight is 382 g/mol. The molecule has 0 spiro atoms. The average Bonchev–Trinajstić information content (AvgIpc) is 2.99. The van der Waals surface area contributed by atoms with Crippen LogP contribution in [0.4, 0.5) is 0 Å². The third-order valence-electron chi connectivity index (χ3n) is 4.66. The zero-order chi connectivity index (χ0) is 20.1. The summed E-state index contributed by atoms with van der Waals surface area (Å²) in [6.07, 6.45) is 0.697. The van der Waals surface area contributed by atoms with E-state index in [9.17, 15) is 4.79 Å². The first-order chi connectivity index (χ1) is 13.5. The van der Waals surface area contributed by atoms with Gasteiger partial charge in [0.1, 0.15) is 5.82 Å². The first-order valence-corrected chi connectivity index (χ1v) is 9.25. The van der Waals surface area contributed by atoms with E-state index in [1.807, 2.05) is 36.7 Å². The van der Waals surface area contributed by atoms with Crippen LogP contribution in [-0.4, -0.2) is 35.7 Å². The standard InChI is InChI=1S/C21H26N4O3/c1-14-24-17-12-15(8-9-18(17)25(14)2)13-23-21(26)16-6-4-7-19(27-3)20(16)28-11-5-10-22/h4,6-9,12H,5,10-11,13,22H2,1-3H3,(H,23,26). The highest BCUT2D eigenvalue weighted by atomic mass is 16.5. The molecule has 0 aliphatic rings. The van der Waals surface area contributed by atoms with Gasteiger partial charge in [-0.05, 0) is 49.7 Å². The van der Waals surface area contributed by atoms with Gasteiger partial charge in [-0.25, -0.2) is 4.98 Å². The summed E-state index contributed by atoms with van der Waals surface area (Å²) in [5.41, 5.74) is 8.92. The number of rotatable bonds is 8. The number of amides is 1. The summed E-state index contributed by atoms with van der Waals surface area (Å²) in [5, 5.41) is 2.95. The van der Waals surface area contributed by atoms with Crippen molar-refractivity contribution in [1.29, 1.82) is 0 Å². The molecular formula is C21H26N4O3. The first-order valence-electron chi connectivity index (χ1n) is 9.25. The van der Waals surface area contributed by atoms with Crippen LogP contribution in [0.1, 0.15) is 28.2 Å². The Kier molecular flexibility index (Phi) is 6.16. The molecule has 7 heteroatoms. The quantitative estimate of drug-likeness (QED) is 0.584. The Bertz CT molecular complexity index is 981. The molecule has 2 aromatic carbocycles. The topological polar surface area (TPSA) is 91.4 Å². The third kappa shape index (κ3) is 4.09. The van der Waals surface area contributed by atoms with Gasteiger partial charge in [0.15, 0.2) is 11.5 Å². The minimum atomic E-state index is -0.223. The molecule has 0 aliphatic carbocycles. The molecule has 1 aromatic heterocycles. The van der Waals surface area contributed by atoms with Crippen LogP contribution in [0.25, 0.3) is 11.0 Å². The van der Waals surface area contributed by atoms with Gasteiger partial charge in [-0.15, -0.1) is 0 Å². The molecule has 0 radical (unpaired) electrons. The number of nitrogens with one attached hydrogen (secondary N) is 1. The van der Waals surface area contributed by atoms with E-state index in [0.29, 0.717) is 43.2 Å². The third-order valence-corrected chi connectivity index (χ3v) is 4.66. The lowest BCUT2D eigenvalue weighted by Gasteiger charge is -2.15. The van der Waals surface area contributed by atoms with E-state index in [1.165, 1.54) is 0 Å². The highest BCUT2D eigenvalue weighted by Gasteiger charge is 2.17. The summed E-state index contributed by atoms with van der Waals surface area (Å²) in [5.74, 6) is 1.69. The predicted molar refractivity (Wildman–Crippen MR) is 109 cm³/mol. The largest absolute Gasteiger partial charge is 0.493 e.